The van der Waals surface area contributed by atoms with E-state index in [9.17, 15) is 0 Å². The van der Waals surface area contributed by atoms with Gasteiger partial charge in [-0.25, -0.2) is 0 Å². The molecule has 0 spiro atoms. The summed E-state index contributed by atoms with van der Waals surface area (Å²) in [5, 5.41) is 9.00. The topological polar surface area (TPSA) is 29.5 Å². The Morgan fingerprint density at radius 1 is 1.78 bits per heavy atom. The van der Waals surface area contributed by atoms with Crippen LogP contribution in [0.5, 0.6) is 0 Å². The number of terminal acetylenes is 1. The Hall–Kier alpha value is -0.520. The van der Waals surface area contributed by atoms with Crippen molar-refractivity contribution < 1.29 is 9.84 Å². The largest absolute Gasteiger partial charge is 0.368 e. The molecule has 1 fully saturated rings. The number of rotatable bonds is 1. The van der Waals surface area contributed by atoms with Crippen molar-refractivity contribution in [2.75, 3.05) is 6.61 Å². The third kappa shape index (κ3) is 1.44. The zero-order valence-electron chi connectivity index (χ0n) is 5.21. The van der Waals surface area contributed by atoms with Crippen LogP contribution in [0.1, 0.15) is 12.8 Å². The minimum absolute atomic E-state index is 0.176. The minimum atomic E-state index is -0.610. The van der Waals surface area contributed by atoms with Gasteiger partial charge in [-0.2, -0.15) is 0 Å². The molecular formula is C7H10O2. The van der Waals surface area contributed by atoms with Crippen LogP contribution in [-0.4, -0.2) is 18.0 Å². The van der Waals surface area contributed by atoms with Crippen molar-refractivity contribution in [1.82, 2.24) is 0 Å². The first kappa shape index (κ1) is 6.60. The van der Waals surface area contributed by atoms with E-state index in [1.165, 1.54) is 0 Å². The first-order valence-electron chi connectivity index (χ1n) is 3.07. The second kappa shape index (κ2) is 2.86. The Labute approximate surface area is 54.8 Å². The summed E-state index contributed by atoms with van der Waals surface area (Å²) in [5.41, 5.74) is 0. The van der Waals surface area contributed by atoms with Crippen molar-refractivity contribution >= 4 is 0 Å². The molecule has 2 atom stereocenters. The fourth-order valence-electron chi connectivity index (χ4n) is 0.973. The van der Waals surface area contributed by atoms with Crippen molar-refractivity contribution in [2.24, 2.45) is 5.92 Å². The second-order valence-corrected chi connectivity index (χ2v) is 2.22. The minimum Gasteiger partial charge on any atom is -0.368 e. The monoisotopic (exact) mass is 126 g/mol. The number of aliphatic hydroxyl groups is 1. The molecule has 2 nitrogen and oxygen atoms in total. The van der Waals surface area contributed by atoms with Gasteiger partial charge in [0, 0.05) is 12.3 Å². The maximum atomic E-state index is 9.00. The summed E-state index contributed by atoms with van der Waals surface area (Å²) < 4.78 is 4.88. The molecule has 0 aromatic rings. The zero-order chi connectivity index (χ0) is 6.69. The van der Waals surface area contributed by atoms with Crippen LogP contribution in [0.2, 0.25) is 0 Å². The molecule has 50 valence electrons. The van der Waals surface area contributed by atoms with Crippen LogP contribution in [0.4, 0.5) is 0 Å². The van der Waals surface area contributed by atoms with Crippen molar-refractivity contribution in [3.05, 3.63) is 0 Å². The van der Waals surface area contributed by atoms with E-state index in [2.05, 4.69) is 5.92 Å². The van der Waals surface area contributed by atoms with Gasteiger partial charge in [0.25, 0.3) is 0 Å². The average molecular weight is 126 g/mol. The van der Waals surface area contributed by atoms with Crippen molar-refractivity contribution in [3.8, 4) is 12.3 Å². The van der Waals surface area contributed by atoms with Gasteiger partial charge in [0.1, 0.15) is 0 Å². The van der Waals surface area contributed by atoms with E-state index in [1.54, 1.807) is 0 Å². The average Bonchev–Trinajstić information content (AvgIpc) is 2.18. The van der Waals surface area contributed by atoms with Crippen LogP contribution in [-0.2, 0) is 4.74 Å². The number of aliphatic hydroxyl groups excluding tert-OH is 1. The van der Waals surface area contributed by atoms with Crippen molar-refractivity contribution in [3.63, 3.8) is 0 Å². The van der Waals surface area contributed by atoms with E-state index < -0.39 is 6.29 Å². The zero-order valence-corrected chi connectivity index (χ0v) is 5.21. The lowest BCUT2D eigenvalue weighted by Crippen LogP contribution is -2.13. The van der Waals surface area contributed by atoms with Gasteiger partial charge in [0.05, 0.1) is 6.61 Å². The van der Waals surface area contributed by atoms with Crippen molar-refractivity contribution in [1.29, 1.82) is 0 Å². The van der Waals surface area contributed by atoms with Crippen LogP contribution < -0.4 is 0 Å². The fraction of sp³-hybridized carbons (Fsp3) is 0.714. The molecule has 1 heterocycles. The Bertz CT molecular complexity index is 125. The highest BCUT2D eigenvalue weighted by molar-refractivity contribution is 4.88. The quantitative estimate of drug-likeness (QED) is 0.514. The van der Waals surface area contributed by atoms with E-state index in [0.29, 0.717) is 13.0 Å². The second-order valence-electron chi connectivity index (χ2n) is 2.22. The van der Waals surface area contributed by atoms with Gasteiger partial charge < -0.3 is 9.84 Å². The van der Waals surface area contributed by atoms with Crippen molar-refractivity contribution in [2.45, 2.75) is 19.1 Å². The maximum absolute atomic E-state index is 9.00. The van der Waals surface area contributed by atoms with E-state index >= 15 is 0 Å². The molecular weight excluding hydrogens is 116 g/mol. The number of hydrogen-bond donors (Lipinski definition) is 1. The van der Waals surface area contributed by atoms with E-state index in [4.69, 9.17) is 16.3 Å². The molecule has 0 aromatic heterocycles. The summed E-state index contributed by atoms with van der Waals surface area (Å²) in [6.07, 6.45) is 5.96. The summed E-state index contributed by atoms with van der Waals surface area (Å²) in [6.45, 7) is 0.646. The highest BCUT2D eigenvalue weighted by atomic mass is 16.6. The molecule has 0 radical (unpaired) electrons. The Balaban J connectivity index is 2.33. The molecule has 9 heavy (non-hydrogen) atoms. The van der Waals surface area contributed by atoms with Gasteiger partial charge in [0.15, 0.2) is 6.29 Å². The molecule has 0 aliphatic carbocycles. The van der Waals surface area contributed by atoms with Gasteiger partial charge >= 0.3 is 0 Å². The van der Waals surface area contributed by atoms with Crippen LogP contribution in [0.15, 0.2) is 0 Å². The fourth-order valence-corrected chi connectivity index (χ4v) is 0.973. The van der Waals surface area contributed by atoms with Crippen LogP contribution in [0, 0.1) is 18.3 Å². The Morgan fingerprint density at radius 2 is 2.56 bits per heavy atom. The lowest BCUT2D eigenvalue weighted by Gasteiger charge is -2.07. The highest BCUT2D eigenvalue weighted by Crippen LogP contribution is 2.20. The molecule has 0 saturated carbocycles. The van der Waals surface area contributed by atoms with E-state index in [1.807, 2.05) is 0 Å². The first-order valence-corrected chi connectivity index (χ1v) is 3.07. The summed E-state index contributed by atoms with van der Waals surface area (Å²) in [4.78, 5) is 0. The summed E-state index contributed by atoms with van der Waals surface area (Å²) in [7, 11) is 0. The number of hydrogen-bond acceptors (Lipinski definition) is 2. The maximum Gasteiger partial charge on any atom is 0.158 e. The molecule has 0 amide bonds. The molecule has 1 saturated heterocycles. The van der Waals surface area contributed by atoms with Gasteiger partial charge in [0.2, 0.25) is 0 Å². The molecule has 2 heteroatoms. The lowest BCUT2D eigenvalue weighted by atomic mass is 10.0. The van der Waals surface area contributed by atoms with E-state index in [-0.39, 0.29) is 5.92 Å². The standard InChI is InChI=1S/C7H10O2/c1-2-3-6-4-5-9-7(6)8/h1,6-8H,3-5H2/t6-,7-/m0/s1. The molecule has 1 N–H and O–H groups in total. The van der Waals surface area contributed by atoms with Gasteiger partial charge in [-0.3, -0.25) is 0 Å². The molecule has 1 aliphatic rings. The third-order valence-electron chi connectivity index (χ3n) is 1.56. The number of ether oxygens (including phenoxy) is 1. The predicted octanol–water partition coefficient (Wildman–Crippen LogP) is 0.365. The summed E-state index contributed by atoms with van der Waals surface area (Å²) >= 11 is 0. The highest BCUT2D eigenvalue weighted by Gasteiger charge is 2.24. The summed E-state index contributed by atoms with van der Waals surface area (Å²) in [5.74, 6) is 2.68. The van der Waals surface area contributed by atoms with Gasteiger partial charge in [-0.1, -0.05) is 0 Å². The molecule has 0 aromatic carbocycles. The molecule has 0 unspecified atom stereocenters. The van der Waals surface area contributed by atoms with Crippen LogP contribution in [0.3, 0.4) is 0 Å². The van der Waals surface area contributed by atoms with Gasteiger partial charge in [-0.05, 0) is 6.42 Å². The first-order chi connectivity index (χ1) is 4.34. The predicted molar refractivity (Wildman–Crippen MR) is 33.5 cm³/mol. The Morgan fingerprint density at radius 3 is 3.00 bits per heavy atom. The van der Waals surface area contributed by atoms with Crippen LogP contribution in [0.25, 0.3) is 0 Å². The SMILES string of the molecule is C#CC[C@H]1CCO[C@@H]1O. The van der Waals surface area contributed by atoms with Gasteiger partial charge in [-0.15, -0.1) is 12.3 Å². The van der Waals surface area contributed by atoms with E-state index in [0.717, 1.165) is 6.42 Å². The van der Waals surface area contributed by atoms with Crippen LogP contribution >= 0.6 is 0 Å². The third-order valence-corrected chi connectivity index (χ3v) is 1.56. The molecule has 1 rings (SSSR count). The normalized spacial score (nSPS) is 34.2. The Kier molecular flexibility index (Phi) is 2.10. The lowest BCUT2D eigenvalue weighted by molar-refractivity contribution is -0.0810. The molecule has 0 bridgehead atoms. The smallest absolute Gasteiger partial charge is 0.158 e. The molecule has 1 aliphatic heterocycles. The summed E-state index contributed by atoms with van der Waals surface area (Å²) in [6, 6.07) is 0.